The van der Waals surface area contributed by atoms with E-state index in [1.807, 2.05) is 48.5 Å². The first-order chi connectivity index (χ1) is 12.7. The zero-order valence-electron chi connectivity index (χ0n) is 14.6. The SMILES string of the molecule is COc1ccc(-c2cc3ncn(Cc4ccccc4C)c(=O)c3s2)cc1. The first kappa shape index (κ1) is 16.5. The van der Waals surface area contributed by atoms with Crippen molar-refractivity contribution in [2.75, 3.05) is 7.11 Å². The van der Waals surface area contributed by atoms with E-state index in [2.05, 4.69) is 18.0 Å². The molecule has 5 heteroatoms. The molecule has 4 rings (SSSR count). The van der Waals surface area contributed by atoms with Crippen LogP contribution in [0.3, 0.4) is 0 Å². The van der Waals surface area contributed by atoms with Gasteiger partial charge in [0.2, 0.25) is 0 Å². The van der Waals surface area contributed by atoms with E-state index in [0.29, 0.717) is 11.2 Å². The Balaban J connectivity index is 1.73. The molecule has 0 amide bonds. The highest BCUT2D eigenvalue weighted by molar-refractivity contribution is 7.22. The van der Waals surface area contributed by atoms with Gasteiger partial charge in [-0.15, -0.1) is 11.3 Å². The molecule has 2 heterocycles. The number of fused-ring (bicyclic) bond motifs is 1. The summed E-state index contributed by atoms with van der Waals surface area (Å²) >= 11 is 1.48. The lowest BCUT2D eigenvalue weighted by atomic mass is 10.1. The molecule has 0 bridgehead atoms. The molecule has 0 saturated heterocycles. The van der Waals surface area contributed by atoms with E-state index >= 15 is 0 Å². The molecule has 2 aromatic heterocycles. The predicted molar refractivity (Wildman–Crippen MR) is 106 cm³/mol. The maximum atomic E-state index is 12.9. The van der Waals surface area contributed by atoms with Crippen LogP contribution in [0.5, 0.6) is 5.75 Å². The normalized spacial score (nSPS) is 11.0. The van der Waals surface area contributed by atoms with Gasteiger partial charge in [-0.2, -0.15) is 0 Å². The molecule has 4 aromatic rings. The molecule has 2 aromatic carbocycles. The second-order valence-corrected chi connectivity index (χ2v) is 7.21. The average molecular weight is 362 g/mol. The number of nitrogens with zero attached hydrogens (tertiary/aromatic N) is 2. The fraction of sp³-hybridized carbons (Fsp3) is 0.143. The van der Waals surface area contributed by atoms with E-state index in [-0.39, 0.29) is 5.56 Å². The smallest absolute Gasteiger partial charge is 0.271 e. The van der Waals surface area contributed by atoms with Crippen molar-refractivity contribution in [1.82, 2.24) is 9.55 Å². The monoisotopic (exact) mass is 362 g/mol. The molecule has 0 spiro atoms. The molecule has 0 aliphatic carbocycles. The lowest BCUT2D eigenvalue weighted by molar-refractivity contribution is 0.415. The maximum Gasteiger partial charge on any atom is 0.271 e. The minimum Gasteiger partial charge on any atom is -0.497 e. The Hall–Kier alpha value is -2.92. The van der Waals surface area contributed by atoms with E-state index in [1.54, 1.807) is 18.0 Å². The van der Waals surface area contributed by atoms with Crippen molar-refractivity contribution in [3.05, 3.63) is 82.4 Å². The van der Waals surface area contributed by atoms with E-state index in [4.69, 9.17) is 4.74 Å². The van der Waals surface area contributed by atoms with Gasteiger partial charge in [0.15, 0.2) is 0 Å². The van der Waals surface area contributed by atoms with Crippen LogP contribution in [0.4, 0.5) is 0 Å². The Bertz CT molecular complexity index is 1130. The second kappa shape index (κ2) is 6.77. The van der Waals surface area contributed by atoms with Crippen LogP contribution in [0.15, 0.2) is 65.7 Å². The number of rotatable bonds is 4. The van der Waals surface area contributed by atoms with Gasteiger partial charge in [-0.1, -0.05) is 24.3 Å². The fourth-order valence-electron chi connectivity index (χ4n) is 2.93. The van der Waals surface area contributed by atoms with Crippen molar-refractivity contribution >= 4 is 21.6 Å². The number of methoxy groups -OCH3 is 1. The van der Waals surface area contributed by atoms with Gasteiger partial charge in [-0.05, 0) is 53.9 Å². The number of hydrogen-bond acceptors (Lipinski definition) is 4. The van der Waals surface area contributed by atoms with Gasteiger partial charge in [-0.3, -0.25) is 9.36 Å². The standard InChI is InChI=1S/C21H18N2O2S/c1-14-5-3-4-6-16(14)12-23-13-22-18-11-19(26-20(18)21(23)24)15-7-9-17(25-2)10-8-15/h3-11,13H,12H2,1-2H3. The number of benzene rings is 2. The summed E-state index contributed by atoms with van der Waals surface area (Å²) in [6, 6.07) is 17.9. The summed E-state index contributed by atoms with van der Waals surface area (Å²) in [5.74, 6) is 0.813. The zero-order chi connectivity index (χ0) is 18.1. The van der Waals surface area contributed by atoms with Crippen molar-refractivity contribution in [2.24, 2.45) is 0 Å². The van der Waals surface area contributed by atoms with Crippen LogP contribution in [0.25, 0.3) is 20.7 Å². The van der Waals surface area contributed by atoms with E-state index in [1.165, 1.54) is 16.9 Å². The highest BCUT2D eigenvalue weighted by atomic mass is 32.1. The Labute approximate surface area is 155 Å². The summed E-state index contributed by atoms with van der Waals surface area (Å²) in [5.41, 5.74) is 4.10. The molecule has 130 valence electrons. The summed E-state index contributed by atoms with van der Waals surface area (Å²) in [4.78, 5) is 18.4. The molecule has 0 radical (unpaired) electrons. The van der Waals surface area contributed by atoms with Gasteiger partial charge in [0, 0.05) is 4.88 Å². The third-order valence-corrected chi connectivity index (χ3v) is 5.64. The van der Waals surface area contributed by atoms with Gasteiger partial charge in [-0.25, -0.2) is 4.98 Å². The third-order valence-electron chi connectivity index (χ3n) is 4.48. The minimum absolute atomic E-state index is 0.00279. The van der Waals surface area contributed by atoms with E-state index in [0.717, 1.165) is 27.3 Å². The summed E-state index contributed by atoms with van der Waals surface area (Å²) in [5, 5.41) is 0. The number of hydrogen-bond donors (Lipinski definition) is 0. The molecule has 0 aliphatic heterocycles. The van der Waals surface area contributed by atoms with Gasteiger partial charge < -0.3 is 4.74 Å². The molecule has 4 nitrogen and oxygen atoms in total. The maximum absolute atomic E-state index is 12.9. The lowest BCUT2D eigenvalue weighted by Crippen LogP contribution is -2.20. The van der Waals surface area contributed by atoms with Crippen LogP contribution in [0.1, 0.15) is 11.1 Å². The van der Waals surface area contributed by atoms with Crippen molar-refractivity contribution in [3.8, 4) is 16.2 Å². The van der Waals surface area contributed by atoms with Crippen molar-refractivity contribution in [1.29, 1.82) is 0 Å². The van der Waals surface area contributed by atoms with Crippen LogP contribution < -0.4 is 10.3 Å². The van der Waals surface area contributed by atoms with Crippen LogP contribution in [0, 0.1) is 6.92 Å². The number of thiophene rings is 1. The molecular formula is C21H18N2O2S. The lowest BCUT2D eigenvalue weighted by Gasteiger charge is -2.07. The Morgan fingerprint density at radius 2 is 1.88 bits per heavy atom. The largest absolute Gasteiger partial charge is 0.497 e. The van der Waals surface area contributed by atoms with E-state index < -0.39 is 0 Å². The zero-order valence-corrected chi connectivity index (χ0v) is 15.4. The molecule has 0 atom stereocenters. The summed E-state index contributed by atoms with van der Waals surface area (Å²) < 4.78 is 7.57. The molecule has 0 fully saturated rings. The first-order valence-corrected chi connectivity index (χ1v) is 9.15. The van der Waals surface area contributed by atoms with Gasteiger partial charge in [0.25, 0.3) is 5.56 Å². The van der Waals surface area contributed by atoms with Gasteiger partial charge in [0.05, 0.1) is 25.5 Å². The van der Waals surface area contributed by atoms with Gasteiger partial charge >= 0.3 is 0 Å². The summed E-state index contributed by atoms with van der Waals surface area (Å²) in [6.45, 7) is 2.59. The second-order valence-electron chi connectivity index (χ2n) is 6.16. The molecule has 0 aliphatic rings. The summed E-state index contributed by atoms with van der Waals surface area (Å²) in [6.07, 6.45) is 1.64. The molecular weight excluding hydrogens is 344 g/mol. The van der Waals surface area contributed by atoms with Crippen molar-refractivity contribution in [2.45, 2.75) is 13.5 Å². The topological polar surface area (TPSA) is 44.1 Å². The highest BCUT2D eigenvalue weighted by Crippen LogP contribution is 2.31. The first-order valence-electron chi connectivity index (χ1n) is 8.33. The molecule has 26 heavy (non-hydrogen) atoms. The van der Waals surface area contributed by atoms with E-state index in [9.17, 15) is 4.79 Å². The van der Waals surface area contributed by atoms with Crippen molar-refractivity contribution in [3.63, 3.8) is 0 Å². The van der Waals surface area contributed by atoms with Crippen molar-refractivity contribution < 1.29 is 4.74 Å². The highest BCUT2D eigenvalue weighted by Gasteiger charge is 2.11. The Morgan fingerprint density at radius 3 is 2.62 bits per heavy atom. The number of aromatic nitrogens is 2. The van der Waals surface area contributed by atoms with Crippen LogP contribution in [-0.4, -0.2) is 16.7 Å². The molecule has 0 N–H and O–H groups in total. The fourth-order valence-corrected chi connectivity index (χ4v) is 3.99. The number of aryl methyl sites for hydroxylation is 1. The third kappa shape index (κ3) is 3.02. The predicted octanol–water partition coefficient (Wildman–Crippen LogP) is 4.49. The molecule has 0 saturated carbocycles. The van der Waals surface area contributed by atoms with Crippen LogP contribution >= 0.6 is 11.3 Å². The average Bonchev–Trinajstić information content (AvgIpc) is 3.11. The minimum atomic E-state index is 0.00279. The number of ether oxygens (including phenoxy) is 1. The van der Waals surface area contributed by atoms with Gasteiger partial charge in [0.1, 0.15) is 10.4 Å². The van der Waals surface area contributed by atoms with Crippen LogP contribution in [0.2, 0.25) is 0 Å². The molecule has 0 unspecified atom stereocenters. The summed E-state index contributed by atoms with van der Waals surface area (Å²) in [7, 11) is 1.65. The van der Waals surface area contributed by atoms with Crippen LogP contribution in [-0.2, 0) is 6.54 Å². The Kier molecular flexibility index (Phi) is 4.31. The Morgan fingerprint density at radius 1 is 1.12 bits per heavy atom. The quantitative estimate of drug-likeness (QED) is 0.537.